The highest BCUT2D eigenvalue weighted by molar-refractivity contribution is 5.98. The second-order valence-electron chi connectivity index (χ2n) is 7.76. The number of benzene rings is 1. The highest BCUT2D eigenvalue weighted by Crippen LogP contribution is 2.25. The maximum atomic E-state index is 12.4. The van der Waals surface area contributed by atoms with Gasteiger partial charge in [0.15, 0.2) is 0 Å². The molecule has 31 heavy (non-hydrogen) atoms. The van der Waals surface area contributed by atoms with Gasteiger partial charge in [0.1, 0.15) is 11.5 Å². The van der Waals surface area contributed by atoms with Crippen molar-refractivity contribution in [1.82, 2.24) is 15.2 Å². The van der Waals surface area contributed by atoms with Gasteiger partial charge in [-0.1, -0.05) is 18.2 Å². The SMILES string of the molecule is CCOC(=O)N1CCC(NC(=O)CC(=O)Cc2nc(-c3ccccc3C)oc2C)CC1. The molecule has 0 saturated carbocycles. The Balaban J connectivity index is 1.49. The summed E-state index contributed by atoms with van der Waals surface area (Å²) in [5, 5.41) is 2.90. The van der Waals surface area contributed by atoms with Crippen molar-refractivity contribution in [2.45, 2.75) is 52.5 Å². The summed E-state index contributed by atoms with van der Waals surface area (Å²) in [4.78, 5) is 42.6. The molecule has 2 amide bonds. The maximum absolute atomic E-state index is 12.4. The summed E-state index contributed by atoms with van der Waals surface area (Å²) < 4.78 is 10.7. The zero-order chi connectivity index (χ0) is 22.4. The number of likely N-dealkylation sites (tertiary alicyclic amines) is 1. The van der Waals surface area contributed by atoms with Crippen molar-refractivity contribution in [3.05, 3.63) is 41.3 Å². The van der Waals surface area contributed by atoms with Gasteiger partial charge >= 0.3 is 6.09 Å². The quantitative estimate of drug-likeness (QED) is 0.681. The molecule has 0 radical (unpaired) electrons. The molecule has 1 saturated heterocycles. The average molecular weight is 428 g/mol. The summed E-state index contributed by atoms with van der Waals surface area (Å²) in [6, 6.07) is 7.70. The van der Waals surface area contributed by atoms with Gasteiger partial charge in [0.2, 0.25) is 11.8 Å². The smallest absolute Gasteiger partial charge is 0.409 e. The molecule has 1 fully saturated rings. The number of hydrogen-bond donors (Lipinski definition) is 1. The lowest BCUT2D eigenvalue weighted by molar-refractivity contribution is -0.128. The number of oxazole rings is 1. The number of aryl methyl sites for hydroxylation is 2. The molecule has 1 aromatic heterocycles. The van der Waals surface area contributed by atoms with Crippen LogP contribution >= 0.6 is 0 Å². The normalized spacial score (nSPS) is 14.4. The first-order valence-corrected chi connectivity index (χ1v) is 10.6. The van der Waals surface area contributed by atoms with E-state index in [1.54, 1.807) is 18.7 Å². The fraction of sp³-hybridized carbons (Fsp3) is 0.478. The molecule has 8 nitrogen and oxygen atoms in total. The van der Waals surface area contributed by atoms with Crippen LogP contribution < -0.4 is 5.32 Å². The molecule has 2 aromatic rings. The predicted molar refractivity (Wildman–Crippen MR) is 115 cm³/mol. The van der Waals surface area contributed by atoms with Crippen LogP contribution in [-0.2, 0) is 20.7 Å². The van der Waals surface area contributed by atoms with E-state index in [-0.39, 0.29) is 36.7 Å². The molecule has 0 aliphatic carbocycles. The first kappa shape index (κ1) is 22.5. The third-order valence-corrected chi connectivity index (χ3v) is 5.38. The van der Waals surface area contributed by atoms with E-state index < -0.39 is 0 Å². The van der Waals surface area contributed by atoms with E-state index in [9.17, 15) is 14.4 Å². The Bertz CT molecular complexity index is 944. The number of Topliss-reactive ketones (excluding diaryl/α,β-unsaturated/α-hetero) is 1. The number of hydrogen-bond acceptors (Lipinski definition) is 6. The third-order valence-electron chi connectivity index (χ3n) is 5.38. The Morgan fingerprint density at radius 1 is 1.19 bits per heavy atom. The fourth-order valence-corrected chi connectivity index (χ4v) is 3.65. The second-order valence-corrected chi connectivity index (χ2v) is 7.76. The number of carbonyl (C=O) groups excluding carboxylic acids is 3. The van der Waals surface area contributed by atoms with E-state index >= 15 is 0 Å². The van der Waals surface area contributed by atoms with Crippen molar-refractivity contribution >= 4 is 17.8 Å². The van der Waals surface area contributed by atoms with Gasteiger partial charge in [-0.25, -0.2) is 9.78 Å². The summed E-state index contributed by atoms with van der Waals surface area (Å²) in [6.07, 6.45) is 0.803. The Morgan fingerprint density at radius 3 is 2.58 bits per heavy atom. The summed E-state index contributed by atoms with van der Waals surface area (Å²) in [7, 11) is 0. The number of carbonyl (C=O) groups is 3. The molecule has 0 atom stereocenters. The summed E-state index contributed by atoms with van der Waals surface area (Å²) in [6.45, 7) is 6.91. The molecule has 0 spiro atoms. The number of ether oxygens (including phenoxy) is 1. The Labute approximate surface area is 182 Å². The van der Waals surface area contributed by atoms with Crippen LogP contribution in [0.2, 0.25) is 0 Å². The monoisotopic (exact) mass is 427 g/mol. The summed E-state index contributed by atoms with van der Waals surface area (Å²) in [5.74, 6) is 0.545. The second kappa shape index (κ2) is 10.2. The van der Waals surface area contributed by atoms with E-state index in [1.807, 2.05) is 31.2 Å². The van der Waals surface area contributed by atoms with Crippen LogP contribution in [0.4, 0.5) is 4.79 Å². The van der Waals surface area contributed by atoms with Crippen LogP contribution in [0.5, 0.6) is 0 Å². The first-order chi connectivity index (χ1) is 14.9. The first-order valence-electron chi connectivity index (χ1n) is 10.6. The largest absolute Gasteiger partial charge is 0.450 e. The molecule has 1 aromatic carbocycles. The number of nitrogens with zero attached hydrogens (tertiary/aromatic N) is 2. The van der Waals surface area contributed by atoms with Gasteiger partial charge in [0.05, 0.1) is 25.1 Å². The van der Waals surface area contributed by atoms with Gasteiger partial charge in [-0.15, -0.1) is 0 Å². The lowest BCUT2D eigenvalue weighted by Crippen LogP contribution is -2.47. The van der Waals surface area contributed by atoms with Gasteiger partial charge in [-0.2, -0.15) is 0 Å². The van der Waals surface area contributed by atoms with E-state index in [0.29, 0.717) is 49.9 Å². The average Bonchev–Trinajstić information content (AvgIpc) is 3.08. The van der Waals surface area contributed by atoms with Crippen molar-refractivity contribution in [1.29, 1.82) is 0 Å². The van der Waals surface area contributed by atoms with Crippen LogP contribution in [-0.4, -0.2) is 53.4 Å². The molecule has 8 heteroatoms. The number of nitrogens with one attached hydrogen (secondary N) is 1. The molecular weight excluding hydrogens is 398 g/mol. The van der Waals surface area contributed by atoms with Crippen LogP contribution in [0.25, 0.3) is 11.5 Å². The number of aromatic nitrogens is 1. The topological polar surface area (TPSA) is 102 Å². The maximum Gasteiger partial charge on any atom is 0.409 e. The molecule has 166 valence electrons. The molecule has 1 aliphatic heterocycles. The molecular formula is C23H29N3O5. The fourth-order valence-electron chi connectivity index (χ4n) is 3.65. The van der Waals surface area contributed by atoms with Gasteiger partial charge in [0.25, 0.3) is 0 Å². The van der Waals surface area contributed by atoms with Crippen LogP contribution in [0.1, 0.15) is 43.2 Å². The van der Waals surface area contributed by atoms with E-state index in [1.165, 1.54) is 0 Å². The molecule has 1 N–H and O–H groups in total. The molecule has 3 rings (SSSR count). The van der Waals surface area contributed by atoms with Gasteiger partial charge in [-0.3, -0.25) is 9.59 Å². The van der Waals surface area contributed by atoms with Gasteiger partial charge in [0, 0.05) is 24.7 Å². The van der Waals surface area contributed by atoms with Crippen molar-refractivity contribution in [2.24, 2.45) is 0 Å². The highest BCUT2D eigenvalue weighted by atomic mass is 16.6. The lowest BCUT2D eigenvalue weighted by Gasteiger charge is -2.31. The number of rotatable bonds is 7. The van der Waals surface area contributed by atoms with E-state index in [4.69, 9.17) is 9.15 Å². The third kappa shape index (κ3) is 5.93. The van der Waals surface area contributed by atoms with Crippen molar-refractivity contribution < 1.29 is 23.5 Å². The number of amides is 2. The predicted octanol–water partition coefficient (Wildman–Crippen LogP) is 3.20. The number of piperidine rings is 1. The minimum absolute atomic E-state index is 0.0487. The Kier molecular flexibility index (Phi) is 7.44. The molecule has 0 unspecified atom stereocenters. The summed E-state index contributed by atoms with van der Waals surface area (Å²) in [5.41, 5.74) is 2.48. The van der Waals surface area contributed by atoms with E-state index in [0.717, 1.165) is 11.1 Å². The molecule has 2 heterocycles. The minimum atomic E-state index is -0.324. The molecule has 1 aliphatic rings. The summed E-state index contributed by atoms with van der Waals surface area (Å²) >= 11 is 0. The van der Waals surface area contributed by atoms with Crippen molar-refractivity contribution in [3.63, 3.8) is 0 Å². The van der Waals surface area contributed by atoms with Crippen LogP contribution in [0.3, 0.4) is 0 Å². The number of ketones is 1. The highest BCUT2D eigenvalue weighted by Gasteiger charge is 2.25. The van der Waals surface area contributed by atoms with Crippen LogP contribution in [0.15, 0.2) is 28.7 Å². The standard InChI is InChI=1S/C23H29N3O5/c1-4-30-23(29)26-11-9-17(10-12-26)24-21(28)14-18(27)13-20-16(3)31-22(25-20)19-8-6-5-7-15(19)2/h5-8,17H,4,9-14H2,1-3H3,(H,24,28). The van der Waals surface area contributed by atoms with Gasteiger partial charge < -0.3 is 19.4 Å². The van der Waals surface area contributed by atoms with Crippen molar-refractivity contribution in [2.75, 3.05) is 19.7 Å². The van der Waals surface area contributed by atoms with E-state index in [2.05, 4.69) is 10.3 Å². The Hall–Kier alpha value is -3.16. The van der Waals surface area contributed by atoms with Crippen molar-refractivity contribution in [3.8, 4) is 11.5 Å². The molecule has 0 bridgehead atoms. The Morgan fingerprint density at radius 2 is 1.90 bits per heavy atom. The minimum Gasteiger partial charge on any atom is -0.450 e. The zero-order valence-corrected chi connectivity index (χ0v) is 18.3. The lowest BCUT2D eigenvalue weighted by atomic mass is 10.0. The van der Waals surface area contributed by atoms with Gasteiger partial charge in [-0.05, 0) is 45.2 Å². The van der Waals surface area contributed by atoms with Crippen LogP contribution in [0, 0.1) is 13.8 Å². The zero-order valence-electron chi connectivity index (χ0n) is 18.3.